The molecule has 0 saturated heterocycles. The summed E-state index contributed by atoms with van der Waals surface area (Å²) >= 11 is 0. The molecule has 0 heterocycles. The van der Waals surface area contributed by atoms with Crippen molar-refractivity contribution in [2.24, 2.45) is 5.92 Å². The van der Waals surface area contributed by atoms with Crippen LogP contribution in [0.5, 0.6) is 0 Å². The van der Waals surface area contributed by atoms with Gasteiger partial charge < -0.3 is 9.47 Å². The second-order valence-corrected chi connectivity index (χ2v) is 3.43. The van der Waals surface area contributed by atoms with Gasteiger partial charge in [-0.3, -0.25) is 4.79 Å². The molecule has 0 amide bonds. The van der Waals surface area contributed by atoms with Crippen molar-refractivity contribution in [1.29, 1.82) is 5.26 Å². The van der Waals surface area contributed by atoms with Crippen molar-refractivity contribution in [3.8, 4) is 6.07 Å². The number of nitriles is 1. The van der Waals surface area contributed by atoms with Gasteiger partial charge >= 0.3 is 5.97 Å². The molecular formula is C13H15NO3. The number of carbonyl (C=O) groups is 1. The average molecular weight is 233 g/mol. The van der Waals surface area contributed by atoms with E-state index in [4.69, 9.17) is 14.7 Å². The summed E-state index contributed by atoms with van der Waals surface area (Å²) < 4.78 is 10.1. The zero-order valence-electron chi connectivity index (χ0n) is 9.76. The molecule has 0 aliphatic carbocycles. The first-order valence-corrected chi connectivity index (χ1v) is 5.45. The van der Waals surface area contributed by atoms with E-state index in [1.165, 1.54) is 0 Å². The Kier molecular flexibility index (Phi) is 5.76. The molecule has 0 radical (unpaired) electrons. The van der Waals surface area contributed by atoms with Crippen molar-refractivity contribution in [2.75, 3.05) is 13.2 Å². The SMILES string of the molecule is CCOC(=O)C(C#N)COCc1ccccc1. The molecule has 1 aromatic carbocycles. The van der Waals surface area contributed by atoms with Crippen LogP contribution in [0, 0.1) is 17.2 Å². The quantitative estimate of drug-likeness (QED) is 0.704. The maximum absolute atomic E-state index is 11.3. The van der Waals surface area contributed by atoms with Crippen LogP contribution in [0.25, 0.3) is 0 Å². The summed E-state index contributed by atoms with van der Waals surface area (Å²) in [7, 11) is 0. The Bertz CT molecular complexity index is 383. The van der Waals surface area contributed by atoms with Gasteiger partial charge in [0.05, 0.1) is 25.9 Å². The first-order chi connectivity index (χ1) is 8.27. The zero-order valence-corrected chi connectivity index (χ0v) is 9.76. The molecule has 0 N–H and O–H groups in total. The van der Waals surface area contributed by atoms with Gasteiger partial charge in [-0.1, -0.05) is 30.3 Å². The minimum atomic E-state index is -0.848. The Balaban J connectivity index is 2.34. The number of hydrogen-bond donors (Lipinski definition) is 0. The Morgan fingerprint density at radius 1 is 1.41 bits per heavy atom. The lowest BCUT2D eigenvalue weighted by Gasteiger charge is -2.09. The summed E-state index contributed by atoms with van der Waals surface area (Å²) in [6, 6.07) is 11.5. The van der Waals surface area contributed by atoms with E-state index in [2.05, 4.69) is 0 Å². The molecule has 17 heavy (non-hydrogen) atoms. The molecule has 1 unspecified atom stereocenters. The van der Waals surface area contributed by atoms with Crippen LogP contribution in [0.4, 0.5) is 0 Å². The fourth-order valence-corrected chi connectivity index (χ4v) is 1.27. The van der Waals surface area contributed by atoms with Crippen molar-refractivity contribution < 1.29 is 14.3 Å². The van der Waals surface area contributed by atoms with Gasteiger partial charge in [-0.15, -0.1) is 0 Å². The molecule has 0 aliphatic rings. The minimum Gasteiger partial charge on any atom is -0.465 e. The molecule has 1 rings (SSSR count). The minimum absolute atomic E-state index is 0.0597. The molecule has 0 bridgehead atoms. The van der Waals surface area contributed by atoms with Crippen molar-refractivity contribution >= 4 is 5.97 Å². The zero-order chi connectivity index (χ0) is 12.5. The first kappa shape index (κ1) is 13.2. The Morgan fingerprint density at radius 3 is 2.71 bits per heavy atom. The van der Waals surface area contributed by atoms with Crippen LogP contribution >= 0.6 is 0 Å². The van der Waals surface area contributed by atoms with Gasteiger partial charge in [0.2, 0.25) is 0 Å². The molecule has 0 saturated carbocycles. The molecule has 4 nitrogen and oxygen atoms in total. The van der Waals surface area contributed by atoms with E-state index in [9.17, 15) is 4.79 Å². The number of rotatable bonds is 6. The van der Waals surface area contributed by atoms with Gasteiger partial charge in [0.25, 0.3) is 0 Å². The van der Waals surface area contributed by atoms with Crippen LogP contribution < -0.4 is 0 Å². The standard InChI is InChI=1S/C13H15NO3/c1-2-17-13(15)12(8-14)10-16-9-11-6-4-3-5-7-11/h3-7,12H,2,9-10H2,1H3. The van der Waals surface area contributed by atoms with E-state index in [0.717, 1.165) is 5.56 Å². The Labute approximate surface area is 101 Å². The van der Waals surface area contributed by atoms with Crippen molar-refractivity contribution in [2.45, 2.75) is 13.5 Å². The summed E-state index contributed by atoms with van der Waals surface area (Å²) in [6.45, 7) is 2.43. The highest BCUT2D eigenvalue weighted by atomic mass is 16.5. The van der Waals surface area contributed by atoms with Crippen LogP contribution in [-0.2, 0) is 20.9 Å². The van der Waals surface area contributed by atoms with Crippen LogP contribution in [0.2, 0.25) is 0 Å². The predicted octanol–water partition coefficient (Wildman–Crippen LogP) is 1.91. The molecule has 0 spiro atoms. The Hall–Kier alpha value is -1.86. The van der Waals surface area contributed by atoms with Gasteiger partial charge in [-0.25, -0.2) is 0 Å². The van der Waals surface area contributed by atoms with Gasteiger partial charge in [0.1, 0.15) is 0 Å². The molecule has 1 aromatic rings. The average Bonchev–Trinajstić information content (AvgIpc) is 2.36. The third-order valence-electron chi connectivity index (χ3n) is 2.12. The van der Waals surface area contributed by atoms with Gasteiger partial charge in [0, 0.05) is 0 Å². The summed E-state index contributed by atoms with van der Waals surface area (Å²) in [6.07, 6.45) is 0. The molecule has 0 aromatic heterocycles. The highest BCUT2D eigenvalue weighted by molar-refractivity contribution is 5.75. The van der Waals surface area contributed by atoms with E-state index >= 15 is 0 Å². The smallest absolute Gasteiger partial charge is 0.325 e. The van der Waals surface area contributed by atoms with Crippen LogP contribution in [-0.4, -0.2) is 19.2 Å². The monoisotopic (exact) mass is 233 g/mol. The lowest BCUT2D eigenvalue weighted by Crippen LogP contribution is -2.21. The third-order valence-corrected chi connectivity index (χ3v) is 2.12. The number of nitrogens with zero attached hydrogens (tertiary/aromatic N) is 1. The summed E-state index contributed by atoms with van der Waals surface area (Å²) in [5.41, 5.74) is 1.01. The van der Waals surface area contributed by atoms with E-state index < -0.39 is 11.9 Å². The van der Waals surface area contributed by atoms with Gasteiger partial charge in [-0.2, -0.15) is 5.26 Å². The molecule has 0 fully saturated rings. The lowest BCUT2D eigenvalue weighted by atomic mass is 10.2. The Morgan fingerprint density at radius 2 is 2.12 bits per heavy atom. The van der Waals surface area contributed by atoms with Crippen molar-refractivity contribution in [3.05, 3.63) is 35.9 Å². The number of benzene rings is 1. The van der Waals surface area contributed by atoms with Gasteiger partial charge in [0.15, 0.2) is 5.92 Å². The first-order valence-electron chi connectivity index (χ1n) is 5.45. The number of ether oxygens (including phenoxy) is 2. The fourth-order valence-electron chi connectivity index (χ4n) is 1.27. The second kappa shape index (κ2) is 7.42. The lowest BCUT2D eigenvalue weighted by molar-refractivity contribution is -0.147. The summed E-state index contributed by atoms with van der Waals surface area (Å²) in [5, 5.41) is 8.79. The number of hydrogen-bond acceptors (Lipinski definition) is 4. The van der Waals surface area contributed by atoms with Crippen molar-refractivity contribution in [3.63, 3.8) is 0 Å². The third kappa shape index (κ3) is 4.66. The molecule has 1 atom stereocenters. The van der Waals surface area contributed by atoms with E-state index in [0.29, 0.717) is 6.61 Å². The summed E-state index contributed by atoms with van der Waals surface area (Å²) in [4.78, 5) is 11.3. The maximum atomic E-state index is 11.3. The molecule has 4 heteroatoms. The maximum Gasteiger partial charge on any atom is 0.325 e. The van der Waals surface area contributed by atoms with Crippen LogP contribution in [0.3, 0.4) is 0 Å². The van der Waals surface area contributed by atoms with Gasteiger partial charge in [-0.05, 0) is 12.5 Å². The molecule has 0 aliphatic heterocycles. The molecule has 90 valence electrons. The number of carbonyl (C=O) groups excluding carboxylic acids is 1. The van der Waals surface area contributed by atoms with Crippen LogP contribution in [0.15, 0.2) is 30.3 Å². The highest BCUT2D eigenvalue weighted by Gasteiger charge is 2.19. The van der Waals surface area contributed by atoms with E-state index in [1.54, 1.807) is 6.92 Å². The largest absolute Gasteiger partial charge is 0.465 e. The highest BCUT2D eigenvalue weighted by Crippen LogP contribution is 2.04. The topological polar surface area (TPSA) is 59.3 Å². The van der Waals surface area contributed by atoms with E-state index in [1.807, 2.05) is 36.4 Å². The normalized spacial score (nSPS) is 11.5. The fraction of sp³-hybridized carbons (Fsp3) is 0.385. The molecular weight excluding hydrogens is 218 g/mol. The number of esters is 1. The van der Waals surface area contributed by atoms with Crippen LogP contribution in [0.1, 0.15) is 12.5 Å². The summed E-state index contributed by atoms with van der Waals surface area (Å²) in [5.74, 6) is -1.37. The second-order valence-electron chi connectivity index (χ2n) is 3.43. The van der Waals surface area contributed by atoms with E-state index in [-0.39, 0.29) is 13.2 Å². The predicted molar refractivity (Wildman–Crippen MR) is 61.8 cm³/mol. The van der Waals surface area contributed by atoms with Crippen molar-refractivity contribution in [1.82, 2.24) is 0 Å².